The van der Waals surface area contributed by atoms with E-state index in [2.05, 4.69) is 20.6 Å². The highest BCUT2D eigenvalue weighted by Gasteiger charge is 2.41. The van der Waals surface area contributed by atoms with E-state index in [0.717, 1.165) is 11.1 Å². The van der Waals surface area contributed by atoms with Gasteiger partial charge in [-0.05, 0) is 74.8 Å². The van der Waals surface area contributed by atoms with Crippen LogP contribution in [0.15, 0.2) is 42.6 Å². The largest absolute Gasteiger partial charge is 0.495 e. The lowest BCUT2D eigenvalue weighted by atomic mass is 9.81. The number of amides is 1. The maximum atomic E-state index is 14.1. The molecule has 0 unspecified atom stereocenters. The summed E-state index contributed by atoms with van der Waals surface area (Å²) in [6, 6.07) is 10.4. The van der Waals surface area contributed by atoms with E-state index in [1.165, 1.54) is 7.11 Å². The number of carbonyl (C=O) groups excluding carboxylic acids is 1. The van der Waals surface area contributed by atoms with Crippen molar-refractivity contribution in [2.24, 2.45) is 0 Å². The van der Waals surface area contributed by atoms with Gasteiger partial charge in [-0.3, -0.25) is 9.36 Å². The summed E-state index contributed by atoms with van der Waals surface area (Å²) in [6.07, 6.45) is -1.34. The summed E-state index contributed by atoms with van der Waals surface area (Å²) >= 11 is 0. The number of aromatic nitrogens is 2. The first-order valence-electron chi connectivity index (χ1n) is 14.9. The maximum Gasteiger partial charge on any atom is 0.421 e. The minimum absolute atomic E-state index is 0.0835. The van der Waals surface area contributed by atoms with Crippen molar-refractivity contribution < 1.29 is 36.3 Å². The topological polar surface area (TPSA) is 115 Å². The molecule has 1 aliphatic heterocycles. The van der Waals surface area contributed by atoms with Crippen molar-refractivity contribution in [3.8, 4) is 5.75 Å². The average molecular weight is 648 g/mol. The zero-order valence-corrected chi connectivity index (χ0v) is 26.5. The van der Waals surface area contributed by atoms with Crippen LogP contribution < -0.4 is 15.4 Å². The second kappa shape index (κ2) is 13.4. The van der Waals surface area contributed by atoms with Crippen molar-refractivity contribution in [2.45, 2.75) is 63.8 Å². The number of halogens is 3. The number of benzene rings is 2. The Labute approximate surface area is 260 Å². The summed E-state index contributed by atoms with van der Waals surface area (Å²) < 4.78 is 72.1. The van der Waals surface area contributed by atoms with E-state index in [1.54, 1.807) is 56.1 Å². The number of hydrogen-bond acceptors (Lipinski definition) is 9. The van der Waals surface area contributed by atoms with Gasteiger partial charge in [0.05, 0.1) is 42.9 Å². The number of rotatable bonds is 11. The first-order valence-corrected chi connectivity index (χ1v) is 16.5. The summed E-state index contributed by atoms with van der Waals surface area (Å²) in [5, 5.41) is 5.72. The number of fused-ring (bicyclic) bond motifs is 1. The quantitative estimate of drug-likeness (QED) is 0.201. The highest BCUT2D eigenvalue weighted by atomic mass is 31.2. The van der Waals surface area contributed by atoms with Crippen molar-refractivity contribution in [2.75, 3.05) is 38.0 Å². The van der Waals surface area contributed by atoms with Crippen molar-refractivity contribution in [3.05, 3.63) is 64.8 Å². The molecule has 2 aliphatic rings. The van der Waals surface area contributed by atoms with Gasteiger partial charge in [0.2, 0.25) is 5.95 Å². The first-order chi connectivity index (χ1) is 21.5. The fraction of sp³-hybridized carbons (Fsp3) is 0.452. The minimum Gasteiger partial charge on any atom is -0.495 e. The molecule has 0 radical (unpaired) electrons. The standard InChI is InChI=1S/C31H37F3N5O5P/c1-5-43-45(41,44-6-2)20-13-11-19(12-14-20)21-15-16-25(27-22(21)18-39(3)29(27)40)36-28-23(31(32,33)34)17-35-30(38-28)37-24-9-7-8-10-26(24)42-4/h7-10,15-17,19-20H,5-6,11-14,18H2,1-4H3,(H2,35,36,37,38). The van der Waals surface area contributed by atoms with Gasteiger partial charge >= 0.3 is 13.8 Å². The summed E-state index contributed by atoms with van der Waals surface area (Å²) in [5.74, 6) is -0.322. The Balaban J connectivity index is 1.45. The third-order valence-electron chi connectivity index (χ3n) is 8.21. The van der Waals surface area contributed by atoms with E-state index in [1.807, 2.05) is 6.07 Å². The maximum absolute atomic E-state index is 14.1. The average Bonchev–Trinajstić information content (AvgIpc) is 3.31. The van der Waals surface area contributed by atoms with Crippen molar-refractivity contribution >= 4 is 36.6 Å². The molecule has 0 atom stereocenters. The number of nitrogens with one attached hydrogen (secondary N) is 2. The van der Waals surface area contributed by atoms with Gasteiger partial charge in [0.1, 0.15) is 17.1 Å². The Morgan fingerprint density at radius 1 is 1.00 bits per heavy atom. The number of ether oxygens (including phenoxy) is 1. The Morgan fingerprint density at radius 2 is 1.69 bits per heavy atom. The molecule has 0 bridgehead atoms. The van der Waals surface area contributed by atoms with Gasteiger partial charge in [-0.25, -0.2) is 4.98 Å². The molecule has 242 valence electrons. The SMILES string of the molecule is CCOP(=O)(OCC)C1CCC(c2ccc(Nc3nc(Nc4ccccc4OC)ncc3C(F)(F)F)c3c2CN(C)C3=O)CC1. The summed E-state index contributed by atoms with van der Waals surface area (Å²) in [4.78, 5) is 23.0. The zero-order valence-electron chi connectivity index (χ0n) is 25.6. The van der Waals surface area contributed by atoms with Crippen LogP contribution in [-0.2, 0) is 26.3 Å². The molecule has 1 saturated carbocycles. The Morgan fingerprint density at radius 3 is 2.33 bits per heavy atom. The van der Waals surface area contributed by atoms with Crippen LogP contribution in [0.4, 0.5) is 36.3 Å². The normalized spacial score (nSPS) is 18.6. The van der Waals surface area contributed by atoms with Crippen LogP contribution in [0.25, 0.3) is 0 Å². The Bertz CT molecular complexity index is 1590. The van der Waals surface area contributed by atoms with E-state index in [9.17, 15) is 22.5 Å². The number of methoxy groups -OCH3 is 1. The predicted octanol–water partition coefficient (Wildman–Crippen LogP) is 7.87. The second-order valence-electron chi connectivity index (χ2n) is 11.0. The number of anilines is 4. The molecule has 1 aromatic heterocycles. The number of alkyl halides is 3. The number of hydrogen-bond donors (Lipinski definition) is 2. The van der Waals surface area contributed by atoms with Crippen molar-refractivity contribution in [3.63, 3.8) is 0 Å². The van der Waals surface area contributed by atoms with Crippen LogP contribution >= 0.6 is 7.60 Å². The molecule has 5 rings (SSSR count). The van der Waals surface area contributed by atoms with E-state index in [4.69, 9.17) is 13.8 Å². The van der Waals surface area contributed by atoms with Crippen LogP contribution in [0.5, 0.6) is 5.75 Å². The molecule has 2 aromatic carbocycles. The van der Waals surface area contributed by atoms with Crippen molar-refractivity contribution in [1.82, 2.24) is 14.9 Å². The van der Waals surface area contributed by atoms with Crippen molar-refractivity contribution in [1.29, 1.82) is 0 Å². The summed E-state index contributed by atoms with van der Waals surface area (Å²) in [7, 11) is -0.0953. The van der Waals surface area contributed by atoms with Crippen LogP contribution in [0.2, 0.25) is 0 Å². The molecule has 0 saturated heterocycles. The molecule has 2 N–H and O–H groups in total. The van der Waals surface area contributed by atoms with E-state index >= 15 is 0 Å². The smallest absolute Gasteiger partial charge is 0.421 e. The lowest BCUT2D eigenvalue weighted by molar-refractivity contribution is -0.137. The van der Waals surface area contributed by atoms with Gasteiger partial charge in [0, 0.05) is 19.8 Å². The van der Waals surface area contributed by atoms with Gasteiger partial charge in [0.15, 0.2) is 0 Å². The van der Waals surface area contributed by atoms with Crippen LogP contribution in [0.1, 0.15) is 72.5 Å². The van der Waals surface area contributed by atoms with E-state index in [0.29, 0.717) is 68.6 Å². The molecule has 2 heterocycles. The molecule has 14 heteroatoms. The zero-order chi connectivity index (χ0) is 32.4. The molecule has 3 aromatic rings. The number of nitrogens with zero attached hydrogens (tertiary/aromatic N) is 3. The fourth-order valence-corrected chi connectivity index (χ4v) is 8.26. The van der Waals surface area contributed by atoms with Crippen LogP contribution in [0, 0.1) is 0 Å². The Kier molecular flexibility index (Phi) is 9.71. The molecule has 10 nitrogen and oxygen atoms in total. The van der Waals surface area contributed by atoms with Crippen LogP contribution in [-0.4, -0.2) is 53.8 Å². The number of para-hydroxylation sites is 2. The lowest BCUT2D eigenvalue weighted by Crippen LogP contribution is -2.21. The van der Waals surface area contributed by atoms with Gasteiger partial charge < -0.3 is 29.3 Å². The van der Waals surface area contributed by atoms with E-state index in [-0.39, 0.29) is 29.1 Å². The highest BCUT2D eigenvalue weighted by Crippen LogP contribution is 2.59. The second-order valence-corrected chi connectivity index (χ2v) is 13.3. The summed E-state index contributed by atoms with van der Waals surface area (Å²) in [5.41, 5.74) is 1.47. The summed E-state index contributed by atoms with van der Waals surface area (Å²) in [6.45, 7) is 4.51. The van der Waals surface area contributed by atoms with E-state index < -0.39 is 25.2 Å². The van der Waals surface area contributed by atoms with Crippen LogP contribution in [0.3, 0.4) is 0 Å². The molecule has 0 spiro atoms. The number of carbonyl (C=O) groups is 1. The third kappa shape index (κ3) is 6.80. The van der Waals surface area contributed by atoms with Gasteiger partial charge in [-0.1, -0.05) is 18.2 Å². The molecule has 45 heavy (non-hydrogen) atoms. The van der Waals surface area contributed by atoms with Gasteiger partial charge in [0.25, 0.3) is 5.91 Å². The molecular weight excluding hydrogens is 610 g/mol. The lowest BCUT2D eigenvalue weighted by Gasteiger charge is -2.33. The van der Waals surface area contributed by atoms with Gasteiger partial charge in [-0.15, -0.1) is 0 Å². The highest BCUT2D eigenvalue weighted by molar-refractivity contribution is 7.54. The van der Waals surface area contributed by atoms with Gasteiger partial charge in [-0.2, -0.15) is 18.2 Å². The monoisotopic (exact) mass is 647 g/mol. The third-order valence-corrected chi connectivity index (χ3v) is 10.9. The fourth-order valence-electron chi connectivity index (χ4n) is 6.12. The molecule has 1 amide bonds. The first kappa shape index (κ1) is 32.7. The minimum atomic E-state index is -4.75. The predicted molar refractivity (Wildman–Crippen MR) is 165 cm³/mol. The molecule has 1 fully saturated rings. The molecule has 1 aliphatic carbocycles. The molecular formula is C31H37F3N5O5P. The Hall–Kier alpha value is -3.67.